The molecule has 0 unspecified atom stereocenters. The average Bonchev–Trinajstić information content (AvgIpc) is 2.32. The lowest BCUT2D eigenvalue weighted by atomic mass is 10.1. The monoisotopic (exact) mass is 265 g/mol. The molecular formula is C13H13ClFN3. The van der Waals surface area contributed by atoms with Gasteiger partial charge in [-0.15, -0.1) is 0 Å². The SMILES string of the molecule is Nc1cccc(CCNc2ncc(Cl)cc2F)c1. The molecule has 0 aliphatic rings. The van der Waals surface area contributed by atoms with Crippen molar-refractivity contribution < 1.29 is 4.39 Å². The number of rotatable bonds is 4. The summed E-state index contributed by atoms with van der Waals surface area (Å²) in [6, 6.07) is 8.83. The van der Waals surface area contributed by atoms with Crippen LogP contribution >= 0.6 is 11.6 Å². The molecule has 0 bridgehead atoms. The molecule has 1 heterocycles. The smallest absolute Gasteiger partial charge is 0.166 e. The molecule has 3 nitrogen and oxygen atoms in total. The van der Waals surface area contributed by atoms with E-state index in [0.717, 1.165) is 17.7 Å². The summed E-state index contributed by atoms with van der Waals surface area (Å²) in [6.45, 7) is 0.578. The molecule has 0 aliphatic heterocycles. The molecule has 0 amide bonds. The number of benzene rings is 1. The van der Waals surface area contributed by atoms with Crippen LogP contribution in [0.2, 0.25) is 5.02 Å². The van der Waals surface area contributed by atoms with Gasteiger partial charge in [-0.25, -0.2) is 9.37 Å². The first-order chi connectivity index (χ1) is 8.65. The predicted molar refractivity (Wildman–Crippen MR) is 72.3 cm³/mol. The van der Waals surface area contributed by atoms with E-state index in [0.29, 0.717) is 6.54 Å². The quantitative estimate of drug-likeness (QED) is 0.835. The predicted octanol–water partition coefficient (Wildman–Crippen LogP) is 3.11. The minimum atomic E-state index is -0.449. The maximum atomic E-state index is 13.4. The number of anilines is 2. The molecule has 1 aromatic carbocycles. The van der Waals surface area contributed by atoms with Crippen LogP contribution in [0.25, 0.3) is 0 Å². The molecule has 0 saturated carbocycles. The highest BCUT2D eigenvalue weighted by Crippen LogP contribution is 2.15. The van der Waals surface area contributed by atoms with Crippen LogP contribution in [0, 0.1) is 5.82 Å². The minimum Gasteiger partial charge on any atom is -0.399 e. The van der Waals surface area contributed by atoms with Crippen molar-refractivity contribution in [2.75, 3.05) is 17.6 Å². The van der Waals surface area contributed by atoms with E-state index >= 15 is 0 Å². The number of nitrogens with zero attached hydrogens (tertiary/aromatic N) is 1. The van der Waals surface area contributed by atoms with Gasteiger partial charge in [0.05, 0.1) is 5.02 Å². The highest BCUT2D eigenvalue weighted by atomic mass is 35.5. The number of pyridine rings is 1. The number of nitrogen functional groups attached to an aromatic ring is 1. The molecule has 0 fully saturated rings. The normalized spacial score (nSPS) is 10.3. The van der Waals surface area contributed by atoms with E-state index in [2.05, 4.69) is 10.3 Å². The molecule has 1 aromatic heterocycles. The molecule has 0 spiro atoms. The lowest BCUT2D eigenvalue weighted by molar-refractivity contribution is 0.624. The van der Waals surface area contributed by atoms with E-state index in [1.165, 1.54) is 12.3 Å². The largest absolute Gasteiger partial charge is 0.399 e. The fraction of sp³-hybridized carbons (Fsp3) is 0.154. The van der Waals surface area contributed by atoms with Crippen LogP contribution in [-0.4, -0.2) is 11.5 Å². The van der Waals surface area contributed by atoms with E-state index in [1.54, 1.807) is 0 Å². The fourth-order valence-electron chi connectivity index (χ4n) is 1.62. The number of nitrogens with one attached hydrogen (secondary N) is 1. The van der Waals surface area contributed by atoms with Gasteiger partial charge in [-0.3, -0.25) is 0 Å². The molecule has 94 valence electrons. The molecule has 0 saturated heterocycles. The molecule has 18 heavy (non-hydrogen) atoms. The molecule has 0 radical (unpaired) electrons. The van der Waals surface area contributed by atoms with Gasteiger partial charge in [0.25, 0.3) is 0 Å². The van der Waals surface area contributed by atoms with Gasteiger partial charge in [0.1, 0.15) is 0 Å². The Balaban J connectivity index is 1.92. The molecular weight excluding hydrogens is 253 g/mol. The van der Waals surface area contributed by atoms with Crippen molar-refractivity contribution in [3.8, 4) is 0 Å². The summed E-state index contributed by atoms with van der Waals surface area (Å²) < 4.78 is 13.4. The van der Waals surface area contributed by atoms with Gasteiger partial charge >= 0.3 is 0 Å². The van der Waals surface area contributed by atoms with E-state index in [4.69, 9.17) is 17.3 Å². The van der Waals surface area contributed by atoms with Gasteiger partial charge in [-0.2, -0.15) is 0 Å². The van der Waals surface area contributed by atoms with Crippen LogP contribution in [0.15, 0.2) is 36.5 Å². The van der Waals surface area contributed by atoms with Crippen molar-refractivity contribution in [2.24, 2.45) is 0 Å². The Bertz CT molecular complexity index is 546. The molecule has 2 rings (SSSR count). The molecule has 0 aliphatic carbocycles. The zero-order valence-electron chi connectivity index (χ0n) is 9.66. The first-order valence-corrected chi connectivity index (χ1v) is 5.92. The molecule has 0 atom stereocenters. The van der Waals surface area contributed by atoms with Crippen molar-refractivity contribution in [3.05, 3.63) is 52.9 Å². The van der Waals surface area contributed by atoms with E-state index in [9.17, 15) is 4.39 Å². The Labute approximate surface area is 110 Å². The van der Waals surface area contributed by atoms with Crippen LogP contribution in [0.3, 0.4) is 0 Å². The van der Waals surface area contributed by atoms with Gasteiger partial charge in [0, 0.05) is 18.4 Å². The van der Waals surface area contributed by atoms with E-state index in [1.807, 2.05) is 24.3 Å². The molecule has 3 N–H and O–H groups in total. The zero-order valence-corrected chi connectivity index (χ0v) is 10.4. The van der Waals surface area contributed by atoms with E-state index in [-0.39, 0.29) is 10.8 Å². The summed E-state index contributed by atoms with van der Waals surface area (Å²) in [6.07, 6.45) is 2.16. The Morgan fingerprint density at radius 3 is 2.89 bits per heavy atom. The minimum absolute atomic E-state index is 0.211. The maximum absolute atomic E-state index is 13.4. The summed E-state index contributed by atoms with van der Waals surface area (Å²) in [5.41, 5.74) is 7.49. The fourth-order valence-corrected chi connectivity index (χ4v) is 1.76. The summed E-state index contributed by atoms with van der Waals surface area (Å²) in [7, 11) is 0. The molecule has 5 heteroatoms. The highest BCUT2D eigenvalue weighted by molar-refractivity contribution is 6.30. The van der Waals surface area contributed by atoms with Crippen molar-refractivity contribution in [2.45, 2.75) is 6.42 Å². The van der Waals surface area contributed by atoms with Crippen LogP contribution in [0.4, 0.5) is 15.9 Å². The second-order valence-corrected chi connectivity index (χ2v) is 4.34. The van der Waals surface area contributed by atoms with Crippen molar-refractivity contribution in [1.82, 2.24) is 4.98 Å². The van der Waals surface area contributed by atoms with Crippen LogP contribution in [0.5, 0.6) is 0 Å². The Kier molecular flexibility index (Phi) is 3.99. The topological polar surface area (TPSA) is 50.9 Å². The van der Waals surface area contributed by atoms with E-state index < -0.39 is 5.82 Å². The number of hydrogen-bond acceptors (Lipinski definition) is 3. The molecule has 2 aromatic rings. The van der Waals surface area contributed by atoms with Crippen molar-refractivity contribution in [3.63, 3.8) is 0 Å². The third kappa shape index (κ3) is 3.34. The number of hydrogen-bond donors (Lipinski definition) is 2. The van der Waals surface area contributed by atoms with Gasteiger partial charge < -0.3 is 11.1 Å². The number of halogens is 2. The van der Waals surface area contributed by atoms with Crippen LogP contribution in [-0.2, 0) is 6.42 Å². The lowest BCUT2D eigenvalue weighted by Gasteiger charge is -2.07. The average molecular weight is 266 g/mol. The van der Waals surface area contributed by atoms with Gasteiger partial charge in [0.2, 0.25) is 0 Å². The summed E-state index contributed by atoms with van der Waals surface area (Å²) in [5.74, 6) is -0.238. The van der Waals surface area contributed by atoms with Gasteiger partial charge in [0.15, 0.2) is 11.6 Å². The van der Waals surface area contributed by atoms with Crippen molar-refractivity contribution >= 4 is 23.1 Å². The Morgan fingerprint density at radius 1 is 1.33 bits per heavy atom. The summed E-state index contributed by atoms with van der Waals surface area (Å²) in [4.78, 5) is 3.88. The third-order valence-corrected chi connectivity index (χ3v) is 2.67. The second kappa shape index (κ2) is 5.69. The first-order valence-electron chi connectivity index (χ1n) is 5.54. The second-order valence-electron chi connectivity index (χ2n) is 3.91. The third-order valence-electron chi connectivity index (χ3n) is 2.46. The number of nitrogens with two attached hydrogens (primary N) is 1. The van der Waals surface area contributed by atoms with Gasteiger partial charge in [-0.05, 0) is 30.2 Å². The Hall–Kier alpha value is -1.81. The standard InChI is InChI=1S/C13H13ClFN3/c14-10-7-12(15)13(18-8-10)17-5-4-9-2-1-3-11(16)6-9/h1-3,6-8H,4-5,16H2,(H,17,18). The Morgan fingerprint density at radius 2 is 2.17 bits per heavy atom. The number of aromatic nitrogens is 1. The van der Waals surface area contributed by atoms with Gasteiger partial charge in [-0.1, -0.05) is 23.7 Å². The lowest BCUT2D eigenvalue weighted by Crippen LogP contribution is -2.08. The first kappa shape index (κ1) is 12.6. The summed E-state index contributed by atoms with van der Waals surface area (Å²) >= 11 is 5.62. The maximum Gasteiger partial charge on any atom is 0.166 e. The van der Waals surface area contributed by atoms with Crippen LogP contribution in [0.1, 0.15) is 5.56 Å². The zero-order chi connectivity index (χ0) is 13.0. The van der Waals surface area contributed by atoms with Crippen LogP contribution < -0.4 is 11.1 Å². The summed E-state index contributed by atoms with van der Waals surface area (Å²) in [5, 5.41) is 3.21. The highest BCUT2D eigenvalue weighted by Gasteiger charge is 2.03. The van der Waals surface area contributed by atoms with Crippen molar-refractivity contribution in [1.29, 1.82) is 0 Å².